The van der Waals surface area contributed by atoms with E-state index in [1.165, 1.54) is 0 Å². The van der Waals surface area contributed by atoms with Crippen molar-refractivity contribution >= 4 is 5.91 Å². The largest absolute Gasteiger partial charge is 0.369 e. The molecule has 0 radical (unpaired) electrons. The van der Waals surface area contributed by atoms with E-state index in [2.05, 4.69) is 22.6 Å². The Morgan fingerprint density at radius 2 is 2.22 bits per heavy atom. The molecule has 1 amide bonds. The van der Waals surface area contributed by atoms with Crippen LogP contribution < -0.4 is 11.1 Å². The van der Waals surface area contributed by atoms with Crippen LogP contribution in [0, 0.1) is 5.92 Å². The highest BCUT2D eigenvalue weighted by Gasteiger charge is 2.05. The van der Waals surface area contributed by atoms with Crippen LogP contribution in [0.2, 0.25) is 0 Å². The van der Waals surface area contributed by atoms with E-state index < -0.39 is 0 Å². The lowest BCUT2D eigenvalue weighted by atomic mass is 10.2. The Bertz CT molecular complexity index is 337. The van der Waals surface area contributed by atoms with E-state index in [-0.39, 0.29) is 12.5 Å². The lowest BCUT2D eigenvalue weighted by molar-refractivity contribution is -0.117. The number of hydrogen-bond donors (Lipinski definition) is 2. The Morgan fingerprint density at radius 3 is 2.72 bits per heavy atom. The molecule has 18 heavy (non-hydrogen) atoms. The first-order valence-corrected chi connectivity index (χ1v) is 6.49. The van der Waals surface area contributed by atoms with Gasteiger partial charge in [0.2, 0.25) is 5.91 Å². The van der Waals surface area contributed by atoms with Gasteiger partial charge in [0, 0.05) is 12.7 Å². The second-order valence-corrected chi connectivity index (χ2v) is 3.99. The topological polar surface area (TPSA) is 85.8 Å². The number of hydrogen-bond acceptors (Lipinski definition) is 4. The van der Waals surface area contributed by atoms with E-state index in [0.717, 1.165) is 25.2 Å². The fraction of sp³-hybridized carbons (Fsp3) is 0.750. The van der Waals surface area contributed by atoms with Crippen LogP contribution >= 0.6 is 0 Å². The second kappa shape index (κ2) is 9.58. The number of rotatable bonds is 7. The molecule has 0 aliphatic rings. The van der Waals surface area contributed by atoms with Gasteiger partial charge in [0.15, 0.2) is 0 Å². The van der Waals surface area contributed by atoms with Crippen molar-refractivity contribution in [3.63, 3.8) is 0 Å². The summed E-state index contributed by atoms with van der Waals surface area (Å²) in [5.74, 6) is 0.0481. The lowest BCUT2D eigenvalue weighted by Gasteiger charge is -2.11. The van der Waals surface area contributed by atoms with Gasteiger partial charge < -0.3 is 11.1 Å². The minimum absolute atomic E-state index is 0.224. The number of amides is 1. The summed E-state index contributed by atoms with van der Waals surface area (Å²) in [4.78, 5) is 10.5. The Labute approximate surface area is 109 Å². The fourth-order valence-electron chi connectivity index (χ4n) is 1.42. The maximum Gasteiger partial charge on any atom is 0.231 e. The van der Waals surface area contributed by atoms with Gasteiger partial charge in [-0.2, -0.15) is 0 Å². The zero-order valence-corrected chi connectivity index (χ0v) is 11.8. The summed E-state index contributed by atoms with van der Waals surface area (Å²) in [6, 6.07) is 0. The van der Waals surface area contributed by atoms with E-state index in [0.29, 0.717) is 5.92 Å². The first-order chi connectivity index (χ1) is 8.61. The Hall–Kier alpha value is -1.43. The highest BCUT2D eigenvalue weighted by atomic mass is 16.1. The number of aromatic nitrogens is 3. The summed E-state index contributed by atoms with van der Waals surface area (Å²) in [7, 11) is 0. The van der Waals surface area contributed by atoms with Crippen molar-refractivity contribution in [2.24, 2.45) is 11.7 Å². The molecule has 6 nitrogen and oxygen atoms in total. The number of nitrogens with zero attached hydrogens (tertiary/aromatic N) is 3. The molecular weight excluding hydrogens is 230 g/mol. The van der Waals surface area contributed by atoms with Crippen molar-refractivity contribution in [2.75, 3.05) is 13.1 Å². The summed E-state index contributed by atoms with van der Waals surface area (Å²) >= 11 is 0. The quantitative estimate of drug-likeness (QED) is 0.746. The van der Waals surface area contributed by atoms with Gasteiger partial charge in [-0.25, -0.2) is 0 Å². The molecule has 104 valence electrons. The molecule has 0 spiro atoms. The van der Waals surface area contributed by atoms with Gasteiger partial charge in [-0.05, 0) is 18.9 Å². The van der Waals surface area contributed by atoms with Crippen LogP contribution in [0.1, 0.15) is 33.4 Å². The van der Waals surface area contributed by atoms with Crippen molar-refractivity contribution in [3.05, 3.63) is 11.9 Å². The van der Waals surface area contributed by atoms with Crippen LogP contribution in [0.3, 0.4) is 0 Å². The van der Waals surface area contributed by atoms with Crippen molar-refractivity contribution in [1.82, 2.24) is 20.3 Å². The molecule has 0 fully saturated rings. The summed E-state index contributed by atoms with van der Waals surface area (Å²) < 4.78 is 1.83. The Balaban J connectivity index is 0.00000137. The van der Waals surface area contributed by atoms with Gasteiger partial charge in [-0.1, -0.05) is 32.9 Å². The van der Waals surface area contributed by atoms with Crippen LogP contribution in [0.25, 0.3) is 0 Å². The normalized spacial score (nSPS) is 11.6. The molecule has 1 rings (SSSR count). The van der Waals surface area contributed by atoms with Crippen LogP contribution in [0.5, 0.6) is 0 Å². The molecule has 0 saturated heterocycles. The molecular formula is C12H25N5O. The predicted molar refractivity (Wildman–Crippen MR) is 72.0 cm³/mol. The zero-order valence-electron chi connectivity index (χ0n) is 11.8. The van der Waals surface area contributed by atoms with Crippen molar-refractivity contribution in [1.29, 1.82) is 0 Å². The van der Waals surface area contributed by atoms with E-state index in [1.807, 2.05) is 31.6 Å². The number of aryl methyl sites for hydroxylation is 1. The third-order valence-electron chi connectivity index (χ3n) is 2.24. The maximum atomic E-state index is 10.5. The molecule has 1 aromatic heterocycles. The summed E-state index contributed by atoms with van der Waals surface area (Å²) in [5, 5.41) is 11.0. The summed E-state index contributed by atoms with van der Waals surface area (Å²) in [6.45, 7) is 9.89. The molecule has 0 bridgehead atoms. The summed E-state index contributed by atoms with van der Waals surface area (Å²) in [5.41, 5.74) is 6.02. The van der Waals surface area contributed by atoms with Gasteiger partial charge in [0.05, 0.1) is 12.2 Å². The van der Waals surface area contributed by atoms with Crippen molar-refractivity contribution in [2.45, 2.75) is 40.7 Å². The van der Waals surface area contributed by atoms with Gasteiger partial charge in [0.1, 0.15) is 0 Å². The molecule has 6 heteroatoms. The second-order valence-electron chi connectivity index (χ2n) is 3.99. The molecule has 0 saturated carbocycles. The highest BCUT2D eigenvalue weighted by Crippen LogP contribution is 2.00. The number of nitrogens with two attached hydrogens (primary N) is 1. The number of carbonyl (C=O) groups is 1. The maximum absolute atomic E-state index is 10.5. The molecule has 0 aromatic carbocycles. The zero-order chi connectivity index (χ0) is 14.0. The standard InChI is InChI=1S/C10H19N5O.C2H6/c1-3-9-7-15(14-13-9)6-8(2)4-12-5-10(11)16;1-2/h7-8,12H,3-6H2,1-2H3,(H2,11,16);1-2H3. The Kier molecular flexibility index (Phi) is 8.82. The molecule has 1 unspecified atom stereocenters. The average molecular weight is 255 g/mol. The third-order valence-corrected chi connectivity index (χ3v) is 2.24. The number of primary amides is 1. The summed E-state index contributed by atoms with van der Waals surface area (Å²) in [6.07, 6.45) is 2.85. The molecule has 1 atom stereocenters. The van der Waals surface area contributed by atoms with E-state index in [9.17, 15) is 4.79 Å². The first-order valence-electron chi connectivity index (χ1n) is 6.49. The van der Waals surface area contributed by atoms with E-state index in [1.54, 1.807) is 0 Å². The van der Waals surface area contributed by atoms with Crippen molar-refractivity contribution in [3.8, 4) is 0 Å². The van der Waals surface area contributed by atoms with E-state index in [4.69, 9.17) is 5.73 Å². The van der Waals surface area contributed by atoms with Crippen LogP contribution in [0.15, 0.2) is 6.20 Å². The fourth-order valence-corrected chi connectivity index (χ4v) is 1.42. The minimum Gasteiger partial charge on any atom is -0.369 e. The molecule has 1 heterocycles. The predicted octanol–water partition coefficient (Wildman–Crippen LogP) is 0.578. The molecule has 0 aliphatic heterocycles. The third kappa shape index (κ3) is 7.01. The molecule has 0 aliphatic carbocycles. The minimum atomic E-state index is -0.332. The number of nitrogens with one attached hydrogen (secondary N) is 1. The van der Waals surface area contributed by atoms with Crippen LogP contribution in [-0.4, -0.2) is 34.0 Å². The number of carbonyl (C=O) groups excluding carboxylic acids is 1. The highest BCUT2D eigenvalue weighted by molar-refractivity contribution is 5.75. The van der Waals surface area contributed by atoms with Gasteiger partial charge >= 0.3 is 0 Å². The van der Waals surface area contributed by atoms with Gasteiger partial charge in [-0.15, -0.1) is 5.10 Å². The average Bonchev–Trinajstić information content (AvgIpc) is 2.79. The van der Waals surface area contributed by atoms with Gasteiger partial charge in [-0.3, -0.25) is 9.48 Å². The van der Waals surface area contributed by atoms with Crippen LogP contribution in [-0.2, 0) is 17.8 Å². The lowest BCUT2D eigenvalue weighted by Crippen LogP contribution is -2.32. The monoisotopic (exact) mass is 255 g/mol. The molecule has 1 aromatic rings. The Morgan fingerprint density at radius 1 is 1.56 bits per heavy atom. The SMILES string of the molecule is CC.CCc1cn(CC(C)CNCC(N)=O)nn1. The van der Waals surface area contributed by atoms with Crippen LogP contribution in [0.4, 0.5) is 0 Å². The van der Waals surface area contributed by atoms with Crippen molar-refractivity contribution < 1.29 is 4.79 Å². The molecule has 3 N–H and O–H groups in total. The smallest absolute Gasteiger partial charge is 0.231 e. The first kappa shape index (κ1) is 16.6. The van der Waals surface area contributed by atoms with E-state index >= 15 is 0 Å². The van der Waals surface area contributed by atoms with Gasteiger partial charge in [0.25, 0.3) is 0 Å².